The van der Waals surface area contributed by atoms with Gasteiger partial charge in [0.25, 0.3) is 0 Å². The van der Waals surface area contributed by atoms with Crippen LogP contribution >= 0.6 is 0 Å². The number of amides is 1. The molecule has 0 aromatic heterocycles. The maximum absolute atomic E-state index is 11.8. The van der Waals surface area contributed by atoms with Gasteiger partial charge in [-0.05, 0) is 44.9 Å². The number of alkyl carbamates (subject to hydrolysis) is 1. The summed E-state index contributed by atoms with van der Waals surface area (Å²) in [7, 11) is 1.56. The molecular formula is C16H23NO5. The Kier molecular flexibility index (Phi) is 6.22. The van der Waals surface area contributed by atoms with E-state index in [2.05, 4.69) is 5.32 Å². The van der Waals surface area contributed by atoms with Crippen molar-refractivity contribution in [2.24, 2.45) is 0 Å². The van der Waals surface area contributed by atoms with Gasteiger partial charge in [0, 0.05) is 6.04 Å². The maximum Gasteiger partial charge on any atom is 0.407 e. The highest BCUT2D eigenvalue weighted by molar-refractivity contribution is 5.71. The van der Waals surface area contributed by atoms with Gasteiger partial charge in [0.1, 0.15) is 11.4 Å². The van der Waals surface area contributed by atoms with E-state index in [1.165, 1.54) is 0 Å². The lowest BCUT2D eigenvalue weighted by Crippen LogP contribution is -2.41. The summed E-state index contributed by atoms with van der Waals surface area (Å²) in [5.41, 5.74) is 0.245. The molecule has 0 bridgehead atoms. The average molecular weight is 309 g/mol. The molecule has 0 aliphatic rings. The van der Waals surface area contributed by atoms with Crippen LogP contribution < -0.4 is 10.1 Å². The maximum atomic E-state index is 11.8. The predicted octanol–water partition coefficient (Wildman–Crippen LogP) is 2.61. The molecule has 1 rings (SSSR count). The van der Waals surface area contributed by atoms with Crippen LogP contribution in [0.5, 0.6) is 5.75 Å². The molecule has 22 heavy (non-hydrogen) atoms. The standard InChI is InChI=1S/C16H23NO5/c1-16(2,3)22-15(20)17-12(10-14(18)19)8-11-6-5-7-13(9-11)21-4/h5-7,9,12H,8,10H2,1-4H3,(H,17,20)(H,18,19). The lowest BCUT2D eigenvalue weighted by Gasteiger charge is -2.23. The molecule has 122 valence electrons. The van der Waals surface area contributed by atoms with Crippen molar-refractivity contribution in [3.05, 3.63) is 29.8 Å². The first-order chi connectivity index (χ1) is 10.2. The third-order valence-electron chi connectivity index (χ3n) is 2.76. The quantitative estimate of drug-likeness (QED) is 0.843. The van der Waals surface area contributed by atoms with Gasteiger partial charge in [0.15, 0.2) is 0 Å². The summed E-state index contributed by atoms with van der Waals surface area (Å²) < 4.78 is 10.3. The third-order valence-corrected chi connectivity index (χ3v) is 2.76. The normalized spacial score (nSPS) is 12.4. The number of carbonyl (C=O) groups excluding carboxylic acids is 1. The Morgan fingerprint density at radius 2 is 2.00 bits per heavy atom. The zero-order valence-corrected chi connectivity index (χ0v) is 13.4. The van der Waals surface area contributed by atoms with E-state index >= 15 is 0 Å². The highest BCUT2D eigenvalue weighted by Gasteiger charge is 2.21. The van der Waals surface area contributed by atoms with Gasteiger partial charge in [0.2, 0.25) is 0 Å². The molecule has 0 saturated carbocycles. The fourth-order valence-electron chi connectivity index (χ4n) is 1.94. The number of carboxylic acids is 1. The van der Waals surface area contributed by atoms with Crippen LogP contribution in [0.1, 0.15) is 32.8 Å². The predicted molar refractivity (Wildman–Crippen MR) is 82.1 cm³/mol. The monoisotopic (exact) mass is 309 g/mol. The number of aliphatic carboxylic acids is 1. The van der Waals surface area contributed by atoms with Crippen molar-refractivity contribution >= 4 is 12.1 Å². The zero-order chi connectivity index (χ0) is 16.8. The van der Waals surface area contributed by atoms with E-state index in [0.29, 0.717) is 12.2 Å². The van der Waals surface area contributed by atoms with Crippen molar-refractivity contribution in [1.29, 1.82) is 0 Å². The first kappa shape index (κ1) is 17.8. The summed E-state index contributed by atoms with van der Waals surface area (Å²) in [6, 6.07) is 6.73. The Morgan fingerprint density at radius 1 is 1.32 bits per heavy atom. The number of hydrogen-bond donors (Lipinski definition) is 2. The number of carboxylic acid groups (broad SMARTS) is 1. The Labute approximate surface area is 130 Å². The molecule has 0 saturated heterocycles. The number of ether oxygens (including phenoxy) is 2. The van der Waals surface area contributed by atoms with E-state index in [4.69, 9.17) is 14.6 Å². The number of hydrogen-bond acceptors (Lipinski definition) is 4. The number of benzene rings is 1. The van der Waals surface area contributed by atoms with Crippen molar-refractivity contribution in [1.82, 2.24) is 5.32 Å². The molecule has 1 unspecified atom stereocenters. The number of carbonyl (C=O) groups is 2. The van der Waals surface area contributed by atoms with Crippen LogP contribution in [0.4, 0.5) is 4.79 Å². The van der Waals surface area contributed by atoms with Gasteiger partial charge in [-0.15, -0.1) is 0 Å². The van der Waals surface area contributed by atoms with Gasteiger partial charge >= 0.3 is 12.1 Å². The van der Waals surface area contributed by atoms with E-state index in [1.807, 2.05) is 18.2 Å². The zero-order valence-electron chi connectivity index (χ0n) is 13.4. The largest absolute Gasteiger partial charge is 0.497 e. The summed E-state index contributed by atoms with van der Waals surface area (Å²) in [5.74, 6) is -0.298. The molecule has 6 nitrogen and oxygen atoms in total. The fraction of sp³-hybridized carbons (Fsp3) is 0.500. The van der Waals surface area contributed by atoms with Crippen LogP contribution in [0, 0.1) is 0 Å². The van der Waals surface area contributed by atoms with Crippen molar-refractivity contribution in [2.75, 3.05) is 7.11 Å². The molecule has 1 aromatic carbocycles. The summed E-state index contributed by atoms with van der Waals surface area (Å²) in [6.45, 7) is 5.25. The lowest BCUT2D eigenvalue weighted by atomic mass is 10.0. The molecule has 1 atom stereocenters. The molecule has 0 aliphatic carbocycles. The van der Waals surface area contributed by atoms with Crippen LogP contribution in [0.2, 0.25) is 0 Å². The van der Waals surface area contributed by atoms with Crippen molar-refractivity contribution in [3.8, 4) is 5.75 Å². The van der Waals surface area contributed by atoms with Gasteiger partial charge in [-0.2, -0.15) is 0 Å². The van der Waals surface area contributed by atoms with Gasteiger partial charge < -0.3 is 19.9 Å². The van der Waals surface area contributed by atoms with E-state index in [0.717, 1.165) is 5.56 Å². The highest BCUT2D eigenvalue weighted by Crippen LogP contribution is 2.15. The van der Waals surface area contributed by atoms with E-state index < -0.39 is 23.7 Å². The van der Waals surface area contributed by atoms with Crippen LogP contribution in [-0.4, -0.2) is 35.9 Å². The minimum atomic E-state index is -0.982. The molecule has 1 aromatic rings. The molecule has 6 heteroatoms. The summed E-state index contributed by atoms with van der Waals surface area (Å²) in [6.07, 6.45) is -0.430. The van der Waals surface area contributed by atoms with Crippen LogP contribution in [0.25, 0.3) is 0 Å². The van der Waals surface area contributed by atoms with Gasteiger partial charge in [-0.25, -0.2) is 4.79 Å². The van der Waals surface area contributed by atoms with Gasteiger partial charge in [-0.3, -0.25) is 4.79 Å². The lowest BCUT2D eigenvalue weighted by molar-refractivity contribution is -0.137. The van der Waals surface area contributed by atoms with Crippen LogP contribution in [-0.2, 0) is 16.0 Å². The Morgan fingerprint density at radius 3 is 2.55 bits per heavy atom. The smallest absolute Gasteiger partial charge is 0.407 e. The molecule has 0 aliphatic heterocycles. The van der Waals surface area contributed by atoms with Gasteiger partial charge in [0.05, 0.1) is 13.5 Å². The van der Waals surface area contributed by atoms with Crippen LogP contribution in [0.15, 0.2) is 24.3 Å². The molecule has 0 fully saturated rings. The third kappa shape index (κ3) is 6.97. The fourth-order valence-corrected chi connectivity index (χ4v) is 1.94. The van der Waals surface area contributed by atoms with E-state index in [-0.39, 0.29) is 6.42 Å². The number of rotatable bonds is 6. The molecule has 1 amide bonds. The number of nitrogens with one attached hydrogen (secondary N) is 1. The summed E-state index contributed by atoms with van der Waals surface area (Å²) in [5, 5.41) is 11.6. The molecule has 0 heterocycles. The summed E-state index contributed by atoms with van der Waals surface area (Å²) in [4.78, 5) is 22.8. The number of methoxy groups -OCH3 is 1. The van der Waals surface area contributed by atoms with Crippen molar-refractivity contribution < 1.29 is 24.2 Å². The molecule has 2 N–H and O–H groups in total. The average Bonchev–Trinajstić information content (AvgIpc) is 2.35. The van der Waals surface area contributed by atoms with Crippen molar-refractivity contribution in [3.63, 3.8) is 0 Å². The van der Waals surface area contributed by atoms with Crippen molar-refractivity contribution in [2.45, 2.75) is 45.3 Å². The summed E-state index contributed by atoms with van der Waals surface area (Å²) >= 11 is 0. The van der Waals surface area contributed by atoms with Crippen LogP contribution in [0.3, 0.4) is 0 Å². The highest BCUT2D eigenvalue weighted by atomic mass is 16.6. The second-order valence-electron chi connectivity index (χ2n) is 6.00. The first-order valence-electron chi connectivity index (χ1n) is 7.04. The Hall–Kier alpha value is -2.24. The Balaban J connectivity index is 2.75. The van der Waals surface area contributed by atoms with E-state index in [1.54, 1.807) is 33.9 Å². The second-order valence-corrected chi connectivity index (χ2v) is 6.00. The molecule has 0 spiro atoms. The second kappa shape index (κ2) is 7.68. The van der Waals surface area contributed by atoms with Gasteiger partial charge in [-0.1, -0.05) is 12.1 Å². The minimum Gasteiger partial charge on any atom is -0.497 e. The topological polar surface area (TPSA) is 84.9 Å². The molecular weight excluding hydrogens is 286 g/mol. The van der Waals surface area contributed by atoms with E-state index in [9.17, 15) is 9.59 Å². The first-order valence-corrected chi connectivity index (χ1v) is 7.04. The Bertz CT molecular complexity index is 522. The SMILES string of the molecule is COc1cccc(CC(CC(=O)O)NC(=O)OC(C)(C)C)c1. The molecule has 0 radical (unpaired) electrons. The minimum absolute atomic E-state index is 0.184.